The van der Waals surface area contributed by atoms with Crippen LogP contribution in [0.4, 0.5) is 0 Å². The summed E-state index contributed by atoms with van der Waals surface area (Å²) in [6.45, 7) is 0.521. The summed E-state index contributed by atoms with van der Waals surface area (Å²) in [6, 6.07) is 10.4. The van der Waals surface area contributed by atoms with Gasteiger partial charge in [0, 0.05) is 17.5 Å². The van der Waals surface area contributed by atoms with Gasteiger partial charge in [0.15, 0.2) is 11.5 Å². The molecule has 0 spiro atoms. The van der Waals surface area contributed by atoms with Crippen LogP contribution >= 0.6 is 0 Å². The standard InChI is InChI=1S/C15H14O4/c1-18-15-6-9(2-5-13(15)17)12-8-19-14-7-10(16)3-4-11(12)14/h2-7,12,16-17H,8H2,1H3. The molecule has 4 nitrogen and oxygen atoms in total. The quantitative estimate of drug-likeness (QED) is 0.869. The molecule has 0 fully saturated rings. The lowest BCUT2D eigenvalue weighted by Crippen LogP contribution is -2.02. The summed E-state index contributed by atoms with van der Waals surface area (Å²) in [4.78, 5) is 0. The molecule has 2 N–H and O–H groups in total. The second kappa shape index (κ2) is 4.39. The van der Waals surface area contributed by atoms with Crippen molar-refractivity contribution in [1.29, 1.82) is 0 Å². The van der Waals surface area contributed by atoms with E-state index in [-0.39, 0.29) is 17.4 Å². The van der Waals surface area contributed by atoms with Crippen LogP contribution in [0.2, 0.25) is 0 Å². The number of ether oxygens (including phenoxy) is 2. The third-order valence-corrected chi connectivity index (χ3v) is 3.38. The second-order valence-electron chi connectivity index (χ2n) is 4.52. The Bertz CT molecular complexity index is 622. The molecular weight excluding hydrogens is 244 g/mol. The normalized spacial score (nSPS) is 16.8. The van der Waals surface area contributed by atoms with Gasteiger partial charge in [0.25, 0.3) is 0 Å². The van der Waals surface area contributed by atoms with Crippen LogP contribution in [0.3, 0.4) is 0 Å². The number of hydrogen-bond donors (Lipinski definition) is 2. The Labute approximate surface area is 110 Å². The molecular formula is C15H14O4. The Morgan fingerprint density at radius 3 is 2.79 bits per heavy atom. The van der Waals surface area contributed by atoms with E-state index in [2.05, 4.69) is 0 Å². The van der Waals surface area contributed by atoms with Crippen LogP contribution in [0, 0.1) is 0 Å². The molecule has 3 rings (SSSR count). The average molecular weight is 258 g/mol. The Balaban J connectivity index is 2.01. The molecule has 0 aliphatic carbocycles. The zero-order valence-electron chi connectivity index (χ0n) is 10.5. The Kier molecular flexibility index (Phi) is 2.71. The molecule has 0 saturated carbocycles. The van der Waals surface area contributed by atoms with Crippen molar-refractivity contribution in [3.63, 3.8) is 0 Å². The molecule has 2 aromatic rings. The van der Waals surface area contributed by atoms with Gasteiger partial charge in [-0.15, -0.1) is 0 Å². The molecule has 1 atom stereocenters. The van der Waals surface area contributed by atoms with Gasteiger partial charge >= 0.3 is 0 Å². The van der Waals surface area contributed by atoms with Gasteiger partial charge in [-0.3, -0.25) is 0 Å². The lowest BCUT2D eigenvalue weighted by molar-refractivity contribution is 0.340. The van der Waals surface area contributed by atoms with Crippen molar-refractivity contribution < 1.29 is 19.7 Å². The van der Waals surface area contributed by atoms with Crippen molar-refractivity contribution in [2.75, 3.05) is 13.7 Å². The van der Waals surface area contributed by atoms with Crippen molar-refractivity contribution in [2.24, 2.45) is 0 Å². The molecule has 0 aromatic heterocycles. The van der Waals surface area contributed by atoms with Crippen molar-refractivity contribution in [3.8, 4) is 23.0 Å². The number of rotatable bonds is 2. The van der Waals surface area contributed by atoms with Gasteiger partial charge in [0.1, 0.15) is 11.5 Å². The van der Waals surface area contributed by atoms with Crippen LogP contribution in [0.1, 0.15) is 17.0 Å². The minimum atomic E-state index is 0.0881. The molecule has 4 heteroatoms. The molecule has 98 valence electrons. The van der Waals surface area contributed by atoms with Crippen molar-refractivity contribution in [3.05, 3.63) is 47.5 Å². The fourth-order valence-electron chi connectivity index (χ4n) is 2.39. The number of aromatic hydroxyl groups is 2. The maximum Gasteiger partial charge on any atom is 0.160 e. The number of hydrogen-bond acceptors (Lipinski definition) is 4. The summed E-state index contributed by atoms with van der Waals surface area (Å²) in [5.41, 5.74) is 2.05. The number of phenolic OH excluding ortho intramolecular Hbond substituents is 2. The SMILES string of the molecule is COc1cc(C2COc3cc(O)ccc32)ccc1O. The first kappa shape index (κ1) is 11.7. The van der Waals surface area contributed by atoms with E-state index in [4.69, 9.17) is 9.47 Å². The zero-order valence-corrected chi connectivity index (χ0v) is 10.5. The molecule has 0 saturated heterocycles. The first-order valence-corrected chi connectivity index (χ1v) is 6.01. The van der Waals surface area contributed by atoms with E-state index < -0.39 is 0 Å². The molecule has 0 bridgehead atoms. The van der Waals surface area contributed by atoms with Crippen molar-refractivity contribution in [1.82, 2.24) is 0 Å². The average Bonchev–Trinajstić information content (AvgIpc) is 2.82. The monoisotopic (exact) mass is 258 g/mol. The van der Waals surface area contributed by atoms with Gasteiger partial charge in [-0.2, -0.15) is 0 Å². The summed E-state index contributed by atoms with van der Waals surface area (Å²) in [6.07, 6.45) is 0. The van der Waals surface area contributed by atoms with Crippen LogP contribution < -0.4 is 9.47 Å². The highest BCUT2D eigenvalue weighted by Crippen LogP contribution is 2.41. The van der Waals surface area contributed by atoms with Crippen molar-refractivity contribution >= 4 is 0 Å². The Hall–Kier alpha value is -2.36. The predicted molar refractivity (Wildman–Crippen MR) is 70.1 cm³/mol. The number of phenols is 2. The molecule has 1 heterocycles. The topological polar surface area (TPSA) is 58.9 Å². The summed E-state index contributed by atoms with van der Waals surface area (Å²) in [7, 11) is 1.52. The van der Waals surface area contributed by atoms with E-state index in [1.807, 2.05) is 18.2 Å². The highest BCUT2D eigenvalue weighted by molar-refractivity contribution is 5.51. The van der Waals surface area contributed by atoms with Crippen LogP contribution in [0.5, 0.6) is 23.0 Å². The molecule has 19 heavy (non-hydrogen) atoms. The lowest BCUT2D eigenvalue weighted by atomic mass is 9.93. The van der Waals surface area contributed by atoms with Gasteiger partial charge in [0.05, 0.1) is 13.7 Å². The van der Waals surface area contributed by atoms with E-state index in [0.717, 1.165) is 11.1 Å². The van der Waals surface area contributed by atoms with Gasteiger partial charge in [-0.1, -0.05) is 12.1 Å². The minimum Gasteiger partial charge on any atom is -0.508 e. The van der Waals surface area contributed by atoms with Crippen molar-refractivity contribution in [2.45, 2.75) is 5.92 Å². The van der Waals surface area contributed by atoms with Crippen LogP contribution in [-0.2, 0) is 0 Å². The summed E-state index contributed by atoms with van der Waals surface area (Å²) in [5, 5.41) is 19.1. The van der Waals surface area contributed by atoms with Crippen LogP contribution in [0.15, 0.2) is 36.4 Å². The van der Waals surface area contributed by atoms with E-state index in [1.165, 1.54) is 7.11 Å². The maximum atomic E-state index is 9.62. The fourth-order valence-corrected chi connectivity index (χ4v) is 2.39. The summed E-state index contributed by atoms with van der Waals surface area (Å²) >= 11 is 0. The third kappa shape index (κ3) is 1.95. The number of fused-ring (bicyclic) bond motifs is 1. The van der Waals surface area contributed by atoms with E-state index in [1.54, 1.807) is 18.2 Å². The maximum absolute atomic E-state index is 9.62. The largest absolute Gasteiger partial charge is 0.508 e. The first-order chi connectivity index (χ1) is 9.19. The smallest absolute Gasteiger partial charge is 0.160 e. The molecule has 0 amide bonds. The third-order valence-electron chi connectivity index (χ3n) is 3.38. The van der Waals surface area contributed by atoms with Crippen LogP contribution in [0.25, 0.3) is 0 Å². The first-order valence-electron chi connectivity index (χ1n) is 6.01. The second-order valence-corrected chi connectivity index (χ2v) is 4.52. The predicted octanol–water partition coefficient (Wildman–Crippen LogP) is 2.63. The Morgan fingerprint density at radius 2 is 2.00 bits per heavy atom. The zero-order chi connectivity index (χ0) is 13.4. The van der Waals surface area contributed by atoms with Gasteiger partial charge in [-0.25, -0.2) is 0 Å². The number of methoxy groups -OCH3 is 1. The highest BCUT2D eigenvalue weighted by atomic mass is 16.5. The fraction of sp³-hybridized carbons (Fsp3) is 0.200. The van der Waals surface area contributed by atoms with E-state index >= 15 is 0 Å². The van der Waals surface area contributed by atoms with Crippen LogP contribution in [-0.4, -0.2) is 23.9 Å². The molecule has 1 unspecified atom stereocenters. The highest BCUT2D eigenvalue weighted by Gasteiger charge is 2.26. The molecule has 0 radical (unpaired) electrons. The van der Waals surface area contributed by atoms with E-state index in [9.17, 15) is 10.2 Å². The number of benzene rings is 2. The molecule has 1 aliphatic rings. The van der Waals surface area contributed by atoms with E-state index in [0.29, 0.717) is 18.1 Å². The Morgan fingerprint density at radius 1 is 1.16 bits per heavy atom. The summed E-state index contributed by atoms with van der Waals surface area (Å²) in [5.74, 6) is 1.56. The minimum absolute atomic E-state index is 0.0881. The lowest BCUT2D eigenvalue weighted by Gasteiger charge is -2.12. The van der Waals surface area contributed by atoms with Gasteiger partial charge in [-0.05, 0) is 23.8 Å². The molecule has 2 aromatic carbocycles. The van der Waals surface area contributed by atoms with Gasteiger partial charge in [0.2, 0.25) is 0 Å². The molecule has 1 aliphatic heterocycles. The van der Waals surface area contributed by atoms with Gasteiger partial charge < -0.3 is 19.7 Å². The summed E-state index contributed by atoms with van der Waals surface area (Å²) < 4.78 is 10.7.